The van der Waals surface area contributed by atoms with E-state index in [4.69, 9.17) is 14.2 Å². The summed E-state index contributed by atoms with van der Waals surface area (Å²) in [5.41, 5.74) is 12.1. The maximum Gasteiger partial charge on any atom is 0.233 e. The van der Waals surface area contributed by atoms with Crippen LogP contribution in [0.5, 0.6) is 34.9 Å². The zero-order valence-electron chi connectivity index (χ0n) is 80.7. The van der Waals surface area contributed by atoms with Gasteiger partial charge in [0, 0.05) is 210 Å². The number of rotatable bonds is 18. The quantitative estimate of drug-likeness (QED) is 0.0381. The molecule has 20 rings (SSSR count). The van der Waals surface area contributed by atoms with Gasteiger partial charge in [0.2, 0.25) is 17.6 Å². The van der Waals surface area contributed by atoms with Crippen LogP contribution >= 0.6 is 11.3 Å². The Morgan fingerprint density at radius 1 is 0.460 bits per heavy atom. The molecule has 137 heavy (non-hydrogen) atoms. The van der Waals surface area contributed by atoms with Crippen molar-refractivity contribution in [2.24, 2.45) is 12.5 Å². The van der Waals surface area contributed by atoms with Gasteiger partial charge in [-0.25, -0.2) is 13.5 Å². The number of ether oxygens (including phenoxy) is 3. The zero-order chi connectivity index (χ0) is 96.8. The maximum absolute atomic E-state index is 14.6. The van der Waals surface area contributed by atoms with Gasteiger partial charge in [-0.1, -0.05) is 12.1 Å². The summed E-state index contributed by atoms with van der Waals surface area (Å²) in [5.74, 6) is 2.60. The molecule has 0 saturated carbocycles. The minimum Gasteiger partial charge on any atom is -0.508 e. The summed E-state index contributed by atoms with van der Waals surface area (Å²) in [7, 11) is 3.96. The van der Waals surface area contributed by atoms with Crippen molar-refractivity contribution >= 4 is 23.0 Å². The molecule has 4 aromatic carbocycles. The van der Waals surface area contributed by atoms with Crippen molar-refractivity contribution in [2.75, 3.05) is 43.0 Å². The number of aromatic nitrogens is 18. The third kappa shape index (κ3) is 25.0. The normalized spacial score (nSPS) is 19.5. The number of aryl methyl sites for hydroxylation is 1. The SMILES string of the molecule is CC1(C)CC(Oc2ccc(-c3ccc(-c4cn[nH]c4)cc3F)nn2)CC(C)(C)N1.CC1CC(Oc2ccc(-c3ccc(-n4cccn4)cc3O)nn2)CC(C)N1.CN(c1ccc(-c2ccc(O)cc2F)nn1)C1CC(C)(C)NC(C)(C)C1.Cn1cc(-c2csc(-c3ccc(OC4CC(C)(C)NC(C)(C)C4)nn3)c2)cn1.Oc1cc(-c2cn[nH]c2)ccc1-c1ccc(N2CC3(CCNCC3)C2)nn1. The third-order valence-corrected chi connectivity index (χ3v) is 26.6. The van der Waals surface area contributed by atoms with Crippen LogP contribution in [0.1, 0.15) is 161 Å². The highest BCUT2D eigenvalue weighted by Gasteiger charge is 2.45. The van der Waals surface area contributed by atoms with E-state index in [2.05, 4.69) is 226 Å². The summed E-state index contributed by atoms with van der Waals surface area (Å²) in [5, 5.41) is 115. The van der Waals surface area contributed by atoms with Gasteiger partial charge in [0.15, 0.2) is 11.6 Å². The molecule has 10 N–H and O–H groups in total. The molecule has 718 valence electrons. The second-order valence-corrected chi connectivity index (χ2v) is 42.0. The molecule has 6 saturated heterocycles. The molecular weight excluding hydrogens is 1750 g/mol. The first-order valence-corrected chi connectivity index (χ1v) is 47.7. The number of nitrogens with one attached hydrogen (secondary N) is 7. The second-order valence-electron chi connectivity index (χ2n) is 41.1. The summed E-state index contributed by atoms with van der Waals surface area (Å²) < 4.78 is 50.4. The highest BCUT2D eigenvalue weighted by Crippen LogP contribution is 2.44. The number of anilines is 2. The number of aromatic amines is 2. The molecule has 2 atom stereocenters. The fourth-order valence-electron chi connectivity index (χ4n) is 20.4. The van der Waals surface area contributed by atoms with Crippen molar-refractivity contribution in [1.29, 1.82) is 0 Å². The molecule has 16 heterocycles. The van der Waals surface area contributed by atoms with E-state index in [-0.39, 0.29) is 74.6 Å². The lowest BCUT2D eigenvalue weighted by atomic mass is 9.72. The molecule has 10 aromatic heterocycles. The number of phenols is 3. The van der Waals surface area contributed by atoms with Gasteiger partial charge >= 0.3 is 0 Å². The largest absolute Gasteiger partial charge is 0.508 e. The lowest BCUT2D eigenvalue weighted by Crippen LogP contribution is -2.62. The summed E-state index contributed by atoms with van der Waals surface area (Å²) >= 11 is 1.66. The Kier molecular flexibility index (Phi) is 28.8. The maximum atomic E-state index is 14.6. The zero-order valence-corrected chi connectivity index (χ0v) is 81.5. The van der Waals surface area contributed by atoms with Gasteiger partial charge in [-0.3, -0.25) is 14.9 Å². The number of piperidine rings is 5. The van der Waals surface area contributed by atoms with Crippen molar-refractivity contribution in [3.05, 3.63) is 212 Å². The second kappa shape index (κ2) is 40.7. The minimum atomic E-state index is -0.512. The number of phenolic OH excluding ortho intramolecular Hbond substituents is 3. The van der Waals surface area contributed by atoms with Crippen molar-refractivity contribution in [1.82, 2.24) is 118 Å². The van der Waals surface area contributed by atoms with Gasteiger partial charge in [0.05, 0.1) is 51.9 Å². The molecule has 31 nitrogen and oxygen atoms in total. The average molecular weight is 1880 g/mol. The van der Waals surface area contributed by atoms with E-state index in [1.165, 1.54) is 31.0 Å². The fourth-order valence-corrected chi connectivity index (χ4v) is 21.3. The monoisotopic (exact) mass is 1880 g/mol. The predicted octanol–water partition coefficient (Wildman–Crippen LogP) is 17.8. The summed E-state index contributed by atoms with van der Waals surface area (Å²) in [4.78, 5) is 5.54. The van der Waals surface area contributed by atoms with Crippen molar-refractivity contribution < 1.29 is 38.3 Å². The summed E-state index contributed by atoms with van der Waals surface area (Å²) in [6.45, 7) is 35.1. The molecular formula is C103H125F2N25O6S. The standard InChI is InChI=1S/C22H26FN5O.C21H27N5OS.C20H27FN4O.C20H22N6O.C20H23N5O2/c1-21(2)10-16(11-22(3,4)28-21)29-20-8-7-19(26-27-20)17-6-5-14(9-18(17)23)15-12-24-25-13-15;1-20(2)9-16(10-21(3,4)25-20)27-19-7-6-17(23-24-19)18-8-14(13-28-18)15-11-22-26(5)12-15;1-19(2)11-13(12-20(3,4)24-19)25(5)18-9-8-17(22-23-18)15-7-6-14(26)10-16(15)21;27-18-9-14(15-10-22-23-11-15)1-2-16(18)17-3-4-19(25-24-17)26-12-20(13-26)5-7-21-8-6-20;1-13-10-16(11-14(2)22-13)27-20-7-6-18(23-24-20)17-5-4-15(12-19(17)26)25-9-3-8-21-25/h5-9,12-13,16,28H,10-11H2,1-4H3,(H,24,25);6-8,11-13,16,25H,9-10H2,1-5H3;6-10,13,24,26H,11-12H2,1-5H3;1-4,9-11,21,27H,5-8,12-13H2,(H,22,23);3-9,12-14,16,22,26H,10-11H2,1-2H3. The highest BCUT2D eigenvalue weighted by atomic mass is 32.1. The molecule has 2 unspecified atom stereocenters. The van der Waals surface area contributed by atoms with Crippen LogP contribution in [0.15, 0.2) is 201 Å². The molecule has 6 aliphatic heterocycles. The number of thiophene rings is 1. The molecule has 6 fully saturated rings. The van der Waals surface area contributed by atoms with Gasteiger partial charge < -0.3 is 65.9 Å². The van der Waals surface area contributed by atoms with Crippen LogP contribution in [0.3, 0.4) is 0 Å². The lowest BCUT2D eigenvalue weighted by molar-refractivity contribution is 0.0518. The van der Waals surface area contributed by atoms with E-state index in [9.17, 15) is 24.1 Å². The highest BCUT2D eigenvalue weighted by molar-refractivity contribution is 7.14. The van der Waals surface area contributed by atoms with Crippen LogP contribution in [0, 0.1) is 17.0 Å². The van der Waals surface area contributed by atoms with E-state index in [1.54, 1.807) is 89.5 Å². The van der Waals surface area contributed by atoms with E-state index in [0.717, 1.165) is 145 Å². The van der Waals surface area contributed by atoms with Crippen molar-refractivity contribution in [2.45, 2.75) is 231 Å². The molecule has 0 radical (unpaired) electrons. The fraction of sp³-hybridized carbons (Fsp3) is 0.417. The lowest BCUT2D eigenvalue weighted by Gasteiger charge is -2.52. The smallest absolute Gasteiger partial charge is 0.233 e. The Hall–Kier alpha value is -13.1. The van der Waals surface area contributed by atoms with Gasteiger partial charge in [-0.15, -0.1) is 62.3 Å². The number of halogens is 2. The molecule has 0 amide bonds. The van der Waals surface area contributed by atoms with E-state index in [1.807, 2.05) is 110 Å². The minimum absolute atomic E-state index is 0.0142. The molecule has 0 aliphatic carbocycles. The van der Waals surface area contributed by atoms with Crippen LogP contribution in [0.25, 0.3) is 94.7 Å². The number of hydrogen-bond donors (Lipinski definition) is 10. The topological polar surface area (TPSA) is 377 Å². The van der Waals surface area contributed by atoms with Crippen molar-refractivity contribution in [3.8, 4) is 130 Å². The van der Waals surface area contributed by atoms with Crippen LogP contribution in [0.4, 0.5) is 20.4 Å². The Morgan fingerprint density at radius 2 is 0.942 bits per heavy atom. The Balaban J connectivity index is 0.000000124. The number of nitrogens with zero attached hydrogens (tertiary/aromatic N) is 18. The molecule has 14 aromatic rings. The van der Waals surface area contributed by atoms with Gasteiger partial charge in [-0.2, -0.15) is 20.4 Å². The first kappa shape index (κ1) is 97.0. The molecule has 34 heteroatoms. The predicted molar refractivity (Wildman–Crippen MR) is 530 cm³/mol. The third-order valence-electron chi connectivity index (χ3n) is 25.6. The first-order chi connectivity index (χ1) is 65.3. The van der Waals surface area contributed by atoms with Crippen LogP contribution in [-0.2, 0) is 7.05 Å². The number of hydrogen-bond acceptors (Lipinski definition) is 28. The average Bonchev–Trinajstić information content (AvgIpc) is 1.37. The Morgan fingerprint density at radius 3 is 1.41 bits per heavy atom. The van der Waals surface area contributed by atoms with Crippen LogP contribution in [0.2, 0.25) is 0 Å². The molecule has 6 aliphatic rings. The summed E-state index contributed by atoms with van der Waals surface area (Å²) in [6, 6.07) is 43.7. The van der Waals surface area contributed by atoms with Gasteiger partial charge in [-0.05, 0) is 274 Å². The Labute approximate surface area is 802 Å². The van der Waals surface area contributed by atoms with E-state index < -0.39 is 5.82 Å². The molecule has 1 spiro atoms. The number of benzene rings is 4. The van der Waals surface area contributed by atoms with E-state index in [0.29, 0.717) is 86.2 Å². The number of aromatic hydroxyl groups is 3. The van der Waals surface area contributed by atoms with Gasteiger partial charge in [0.1, 0.15) is 52.9 Å². The van der Waals surface area contributed by atoms with Crippen molar-refractivity contribution in [3.63, 3.8) is 0 Å². The van der Waals surface area contributed by atoms with Crippen LogP contribution < -0.4 is 50.6 Å². The van der Waals surface area contributed by atoms with E-state index >= 15 is 0 Å². The van der Waals surface area contributed by atoms with Gasteiger partial charge in [0.25, 0.3) is 0 Å². The summed E-state index contributed by atoms with van der Waals surface area (Å²) in [6.07, 6.45) is 24.7. The Bertz CT molecular complexity index is 6270. The number of H-pyrrole nitrogens is 2. The molecule has 0 bridgehead atoms. The van der Waals surface area contributed by atoms with Crippen LogP contribution in [-0.4, -0.2) is 209 Å². The first-order valence-electron chi connectivity index (χ1n) is 46.8.